The van der Waals surface area contributed by atoms with Crippen molar-refractivity contribution in [2.75, 3.05) is 46.4 Å². The van der Waals surface area contributed by atoms with E-state index in [1.807, 2.05) is 18.0 Å². The Morgan fingerprint density at radius 3 is 2.78 bits per heavy atom. The van der Waals surface area contributed by atoms with Gasteiger partial charge in [-0.3, -0.25) is 19.8 Å². The van der Waals surface area contributed by atoms with Gasteiger partial charge in [0.15, 0.2) is 0 Å². The molecule has 1 aliphatic heterocycles. The van der Waals surface area contributed by atoms with Crippen LogP contribution in [0.2, 0.25) is 0 Å². The summed E-state index contributed by atoms with van der Waals surface area (Å²) in [5.41, 5.74) is 0.640. The maximum Gasteiger partial charge on any atom is 0.276 e. The predicted molar refractivity (Wildman–Crippen MR) is 87.0 cm³/mol. The van der Waals surface area contributed by atoms with Gasteiger partial charge in [-0.25, -0.2) is 0 Å². The first-order valence-corrected chi connectivity index (χ1v) is 7.52. The highest BCUT2D eigenvalue weighted by Crippen LogP contribution is 2.18. The highest BCUT2D eigenvalue weighted by atomic mass is 16.6. The molecule has 0 aromatic heterocycles. The molecule has 1 fully saturated rings. The molecule has 7 heteroatoms. The summed E-state index contributed by atoms with van der Waals surface area (Å²) in [6, 6.07) is 6.58. The summed E-state index contributed by atoms with van der Waals surface area (Å²) < 4.78 is 5.23. The Kier molecular flexibility index (Phi) is 6.25. The van der Waals surface area contributed by atoms with Crippen LogP contribution in [0.25, 0.3) is 6.08 Å². The van der Waals surface area contributed by atoms with E-state index in [4.69, 9.17) is 4.74 Å². The third kappa shape index (κ3) is 5.15. The standard InChI is InChI=1S/C16H21N3O4/c1-17(13-16(20)18-9-11-23-12-10-18)8-4-6-14-5-2-3-7-15(14)19(21)22/h2-7H,8-13H2,1H3. The molecule has 23 heavy (non-hydrogen) atoms. The second kappa shape index (κ2) is 8.40. The molecule has 0 N–H and O–H groups in total. The molecular formula is C16H21N3O4. The third-order valence-corrected chi connectivity index (χ3v) is 3.62. The molecular weight excluding hydrogens is 298 g/mol. The second-order valence-corrected chi connectivity index (χ2v) is 5.41. The zero-order chi connectivity index (χ0) is 16.7. The van der Waals surface area contributed by atoms with E-state index in [1.165, 1.54) is 6.07 Å². The highest BCUT2D eigenvalue weighted by Gasteiger charge is 2.17. The summed E-state index contributed by atoms with van der Waals surface area (Å²) in [5, 5.41) is 10.9. The van der Waals surface area contributed by atoms with Gasteiger partial charge in [-0.15, -0.1) is 0 Å². The minimum atomic E-state index is -0.397. The van der Waals surface area contributed by atoms with Crippen molar-refractivity contribution in [1.29, 1.82) is 0 Å². The van der Waals surface area contributed by atoms with Gasteiger partial charge in [0.2, 0.25) is 5.91 Å². The lowest BCUT2D eigenvalue weighted by Crippen LogP contribution is -2.45. The van der Waals surface area contributed by atoms with Crippen molar-refractivity contribution in [2.24, 2.45) is 0 Å². The minimum absolute atomic E-state index is 0.0786. The van der Waals surface area contributed by atoms with Crippen LogP contribution in [0.5, 0.6) is 0 Å². The fourth-order valence-electron chi connectivity index (χ4n) is 2.36. The van der Waals surface area contributed by atoms with Crippen LogP contribution in [0.1, 0.15) is 5.56 Å². The van der Waals surface area contributed by atoms with E-state index in [-0.39, 0.29) is 11.6 Å². The van der Waals surface area contributed by atoms with Gasteiger partial charge >= 0.3 is 0 Å². The summed E-state index contributed by atoms with van der Waals surface area (Å²) in [6.45, 7) is 3.32. The van der Waals surface area contributed by atoms with Crippen molar-refractivity contribution in [2.45, 2.75) is 0 Å². The van der Waals surface area contributed by atoms with Crippen LogP contribution in [-0.2, 0) is 9.53 Å². The van der Waals surface area contributed by atoms with Gasteiger partial charge in [0.1, 0.15) is 0 Å². The Balaban J connectivity index is 1.85. The number of likely N-dealkylation sites (N-methyl/N-ethyl adjacent to an activating group) is 1. The van der Waals surface area contributed by atoms with Crippen molar-refractivity contribution in [3.8, 4) is 0 Å². The van der Waals surface area contributed by atoms with E-state index in [2.05, 4.69) is 0 Å². The summed E-state index contributed by atoms with van der Waals surface area (Å²) in [6.07, 6.45) is 3.54. The number of para-hydroxylation sites is 1. The molecule has 0 unspecified atom stereocenters. The number of nitro groups is 1. The van der Waals surface area contributed by atoms with Crippen molar-refractivity contribution in [3.05, 3.63) is 46.0 Å². The molecule has 1 aromatic rings. The summed E-state index contributed by atoms with van der Waals surface area (Å²) in [4.78, 5) is 26.3. The molecule has 2 rings (SSSR count). The maximum absolute atomic E-state index is 12.1. The predicted octanol–water partition coefficient (Wildman–Crippen LogP) is 1.40. The Bertz CT molecular complexity index is 582. The summed E-state index contributed by atoms with van der Waals surface area (Å²) in [5.74, 6) is 0.0786. The van der Waals surface area contributed by atoms with E-state index in [0.29, 0.717) is 45.0 Å². The zero-order valence-electron chi connectivity index (χ0n) is 13.2. The normalized spacial score (nSPS) is 15.3. The van der Waals surface area contributed by atoms with Crippen LogP contribution in [0.15, 0.2) is 30.3 Å². The number of amides is 1. The van der Waals surface area contributed by atoms with Crippen LogP contribution in [-0.4, -0.2) is 67.1 Å². The maximum atomic E-state index is 12.1. The first kappa shape index (κ1) is 17.1. The fourth-order valence-corrected chi connectivity index (χ4v) is 2.36. The molecule has 0 radical (unpaired) electrons. The molecule has 1 heterocycles. The number of carbonyl (C=O) groups is 1. The molecule has 0 saturated carbocycles. The number of carbonyl (C=O) groups excluding carboxylic acids is 1. The van der Waals surface area contributed by atoms with Crippen LogP contribution < -0.4 is 0 Å². The average Bonchev–Trinajstić information content (AvgIpc) is 2.56. The lowest BCUT2D eigenvalue weighted by atomic mass is 10.1. The molecule has 0 spiro atoms. The van der Waals surface area contributed by atoms with E-state index < -0.39 is 4.92 Å². The lowest BCUT2D eigenvalue weighted by Gasteiger charge is -2.28. The Labute approximate surface area is 135 Å². The van der Waals surface area contributed by atoms with Crippen molar-refractivity contribution in [1.82, 2.24) is 9.80 Å². The first-order valence-electron chi connectivity index (χ1n) is 7.52. The number of rotatable bonds is 6. The van der Waals surface area contributed by atoms with Gasteiger partial charge in [0, 0.05) is 25.7 Å². The summed E-state index contributed by atoms with van der Waals surface area (Å²) in [7, 11) is 1.85. The van der Waals surface area contributed by atoms with E-state index >= 15 is 0 Å². The van der Waals surface area contributed by atoms with Crippen LogP contribution in [0.3, 0.4) is 0 Å². The van der Waals surface area contributed by atoms with E-state index in [1.54, 1.807) is 29.2 Å². The molecule has 1 aromatic carbocycles. The zero-order valence-corrected chi connectivity index (χ0v) is 13.2. The molecule has 0 atom stereocenters. The smallest absolute Gasteiger partial charge is 0.276 e. The SMILES string of the molecule is CN(CC=Cc1ccccc1[N+](=O)[O-])CC(=O)N1CCOCC1. The number of nitro benzene ring substituents is 1. The Hall–Kier alpha value is -2.25. The molecule has 0 bridgehead atoms. The third-order valence-electron chi connectivity index (χ3n) is 3.62. The molecule has 7 nitrogen and oxygen atoms in total. The number of hydrogen-bond donors (Lipinski definition) is 0. The molecule has 124 valence electrons. The quantitative estimate of drug-likeness (QED) is 0.585. The Morgan fingerprint density at radius 2 is 2.09 bits per heavy atom. The first-order chi connectivity index (χ1) is 11.1. The van der Waals surface area contributed by atoms with Gasteiger partial charge < -0.3 is 9.64 Å². The number of ether oxygens (including phenoxy) is 1. The number of nitrogens with zero attached hydrogens (tertiary/aromatic N) is 3. The number of morpholine rings is 1. The van der Waals surface area contributed by atoms with Crippen molar-refractivity contribution >= 4 is 17.7 Å². The minimum Gasteiger partial charge on any atom is -0.378 e. The van der Waals surface area contributed by atoms with Gasteiger partial charge in [0.25, 0.3) is 5.69 Å². The monoisotopic (exact) mass is 319 g/mol. The average molecular weight is 319 g/mol. The highest BCUT2D eigenvalue weighted by molar-refractivity contribution is 5.78. The van der Waals surface area contributed by atoms with Gasteiger partial charge in [-0.2, -0.15) is 0 Å². The molecule has 1 amide bonds. The topological polar surface area (TPSA) is 75.9 Å². The fraction of sp³-hybridized carbons (Fsp3) is 0.438. The van der Waals surface area contributed by atoms with Crippen LogP contribution >= 0.6 is 0 Å². The van der Waals surface area contributed by atoms with E-state index in [9.17, 15) is 14.9 Å². The van der Waals surface area contributed by atoms with Gasteiger partial charge in [-0.1, -0.05) is 24.3 Å². The van der Waals surface area contributed by atoms with Gasteiger partial charge in [0.05, 0.1) is 30.2 Å². The largest absolute Gasteiger partial charge is 0.378 e. The summed E-state index contributed by atoms with van der Waals surface area (Å²) >= 11 is 0. The van der Waals surface area contributed by atoms with E-state index in [0.717, 1.165) is 0 Å². The van der Waals surface area contributed by atoms with Crippen LogP contribution in [0.4, 0.5) is 5.69 Å². The number of hydrogen-bond acceptors (Lipinski definition) is 5. The van der Waals surface area contributed by atoms with Crippen molar-refractivity contribution in [3.63, 3.8) is 0 Å². The second-order valence-electron chi connectivity index (χ2n) is 5.41. The van der Waals surface area contributed by atoms with Crippen LogP contribution in [0, 0.1) is 10.1 Å². The Morgan fingerprint density at radius 1 is 1.39 bits per heavy atom. The molecule has 1 aliphatic rings. The van der Waals surface area contributed by atoms with Crippen molar-refractivity contribution < 1.29 is 14.5 Å². The number of benzene rings is 1. The molecule has 1 saturated heterocycles. The van der Waals surface area contributed by atoms with Gasteiger partial charge in [-0.05, 0) is 13.1 Å². The molecule has 0 aliphatic carbocycles. The lowest BCUT2D eigenvalue weighted by molar-refractivity contribution is -0.385.